The van der Waals surface area contributed by atoms with Crippen LogP contribution >= 0.6 is 0 Å². The Balaban J connectivity index is 1.65. The predicted octanol–water partition coefficient (Wildman–Crippen LogP) is 5.70. The molecule has 0 bridgehead atoms. The quantitative estimate of drug-likeness (QED) is 0.495. The highest BCUT2D eigenvalue weighted by Crippen LogP contribution is 2.37. The van der Waals surface area contributed by atoms with Crippen molar-refractivity contribution in [1.82, 2.24) is 5.32 Å². The van der Waals surface area contributed by atoms with Gasteiger partial charge < -0.3 is 10.1 Å². The number of halogens is 5. The summed E-state index contributed by atoms with van der Waals surface area (Å²) in [4.78, 5) is 12.8. The molecular weight excluding hydrogens is 441 g/mol. The Morgan fingerprint density at radius 1 is 0.970 bits per heavy atom. The van der Waals surface area contributed by atoms with Gasteiger partial charge in [-0.25, -0.2) is 8.78 Å². The number of ether oxygens (including phenoxy) is 1. The monoisotopic (exact) mass is 461 g/mol. The van der Waals surface area contributed by atoms with Crippen molar-refractivity contribution >= 4 is 5.91 Å². The van der Waals surface area contributed by atoms with Crippen LogP contribution in [0.5, 0.6) is 5.75 Å². The summed E-state index contributed by atoms with van der Waals surface area (Å²) >= 11 is 0. The lowest BCUT2D eigenvalue weighted by Gasteiger charge is -2.35. The van der Waals surface area contributed by atoms with Crippen molar-refractivity contribution in [3.05, 3.63) is 89.0 Å². The van der Waals surface area contributed by atoms with Crippen molar-refractivity contribution in [3.63, 3.8) is 0 Å². The van der Waals surface area contributed by atoms with Crippen LogP contribution in [0.4, 0.5) is 22.0 Å². The van der Waals surface area contributed by atoms with E-state index in [2.05, 4.69) is 5.32 Å². The van der Waals surface area contributed by atoms with Crippen LogP contribution in [0.15, 0.2) is 60.7 Å². The van der Waals surface area contributed by atoms with E-state index >= 15 is 0 Å². The van der Waals surface area contributed by atoms with E-state index in [4.69, 9.17) is 4.74 Å². The molecule has 33 heavy (non-hydrogen) atoms. The van der Waals surface area contributed by atoms with E-state index in [9.17, 15) is 26.7 Å². The Kier molecular flexibility index (Phi) is 5.86. The standard InChI is InChI=1S/C25H20F5NO2/c1-24(12-15-7-19(26)11-20(27)8-15)22-6-5-17(9-18(22)13-31-23(24)32)16-3-2-4-21(10-16)33-14-25(28,29)30/h2-11H,12-14H2,1H3,(H,31,32). The zero-order valence-corrected chi connectivity index (χ0v) is 17.6. The van der Waals surface area contributed by atoms with E-state index in [1.54, 1.807) is 31.2 Å². The minimum Gasteiger partial charge on any atom is -0.484 e. The molecule has 0 aliphatic carbocycles. The SMILES string of the molecule is CC1(Cc2cc(F)cc(F)c2)C(=O)NCc2cc(-c3cccc(OCC(F)(F)F)c3)ccc21. The predicted molar refractivity (Wildman–Crippen MR) is 113 cm³/mol. The molecule has 0 spiro atoms. The first-order valence-corrected chi connectivity index (χ1v) is 10.2. The van der Waals surface area contributed by atoms with Gasteiger partial charge >= 0.3 is 6.18 Å². The number of carbonyl (C=O) groups excluding carboxylic acids is 1. The second-order valence-corrected chi connectivity index (χ2v) is 8.27. The normalized spacial score (nSPS) is 17.9. The zero-order chi connectivity index (χ0) is 23.8. The first kappa shape index (κ1) is 22.8. The maximum Gasteiger partial charge on any atom is 0.422 e. The fraction of sp³-hybridized carbons (Fsp3) is 0.240. The molecule has 1 aliphatic heterocycles. The summed E-state index contributed by atoms with van der Waals surface area (Å²) in [5.41, 5.74) is 2.24. The molecule has 1 aliphatic rings. The molecule has 172 valence electrons. The van der Waals surface area contributed by atoms with Crippen molar-refractivity contribution in [1.29, 1.82) is 0 Å². The van der Waals surface area contributed by atoms with E-state index < -0.39 is 29.8 Å². The molecule has 1 unspecified atom stereocenters. The van der Waals surface area contributed by atoms with Crippen LogP contribution in [-0.2, 0) is 23.2 Å². The molecule has 3 nitrogen and oxygen atoms in total. The largest absolute Gasteiger partial charge is 0.484 e. The van der Waals surface area contributed by atoms with Crippen molar-refractivity contribution in [2.45, 2.75) is 31.5 Å². The summed E-state index contributed by atoms with van der Waals surface area (Å²) in [6.07, 6.45) is -4.34. The van der Waals surface area contributed by atoms with Gasteiger partial charge in [-0.2, -0.15) is 13.2 Å². The number of alkyl halides is 3. The van der Waals surface area contributed by atoms with Gasteiger partial charge in [-0.3, -0.25) is 4.79 Å². The van der Waals surface area contributed by atoms with Crippen molar-refractivity contribution < 1.29 is 31.5 Å². The number of benzene rings is 3. The second-order valence-electron chi connectivity index (χ2n) is 8.27. The molecule has 0 fully saturated rings. The molecule has 0 saturated heterocycles. The average molecular weight is 461 g/mol. The highest BCUT2D eigenvalue weighted by molar-refractivity contribution is 5.90. The Morgan fingerprint density at radius 3 is 2.36 bits per heavy atom. The number of fused-ring (bicyclic) bond motifs is 1. The summed E-state index contributed by atoms with van der Waals surface area (Å²) < 4.78 is 69.6. The maximum absolute atomic E-state index is 13.7. The summed E-state index contributed by atoms with van der Waals surface area (Å²) in [6, 6.07) is 14.9. The van der Waals surface area contributed by atoms with Crippen LogP contribution in [0.25, 0.3) is 11.1 Å². The van der Waals surface area contributed by atoms with E-state index in [1.165, 1.54) is 24.3 Å². The molecule has 1 atom stereocenters. The lowest BCUT2D eigenvalue weighted by molar-refractivity contribution is -0.153. The molecule has 8 heteroatoms. The van der Waals surface area contributed by atoms with Crippen molar-refractivity contribution in [2.75, 3.05) is 6.61 Å². The summed E-state index contributed by atoms with van der Waals surface area (Å²) in [5.74, 6) is -1.59. The van der Waals surface area contributed by atoms with Crippen LogP contribution in [0.2, 0.25) is 0 Å². The number of nitrogens with one attached hydrogen (secondary N) is 1. The highest BCUT2D eigenvalue weighted by atomic mass is 19.4. The average Bonchev–Trinajstić information content (AvgIpc) is 2.74. The van der Waals surface area contributed by atoms with Gasteiger partial charge in [0.1, 0.15) is 17.4 Å². The minimum atomic E-state index is -4.44. The first-order chi connectivity index (χ1) is 15.5. The molecular formula is C25H20F5NO2. The van der Waals surface area contributed by atoms with Gasteiger partial charge in [0, 0.05) is 12.6 Å². The molecule has 0 saturated carbocycles. The van der Waals surface area contributed by atoms with Gasteiger partial charge in [0.25, 0.3) is 0 Å². The fourth-order valence-corrected chi connectivity index (χ4v) is 4.18. The molecule has 0 radical (unpaired) electrons. The zero-order valence-electron chi connectivity index (χ0n) is 17.6. The summed E-state index contributed by atoms with van der Waals surface area (Å²) in [6.45, 7) is 0.597. The number of rotatable bonds is 5. The number of hydrogen-bond donors (Lipinski definition) is 1. The number of carbonyl (C=O) groups is 1. The minimum absolute atomic E-state index is 0.0915. The molecule has 1 heterocycles. The van der Waals surface area contributed by atoms with Crippen LogP contribution in [0.3, 0.4) is 0 Å². The van der Waals surface area contributed by atoms with E-state index in [-0.39, 0.29) is 24.6 Å². The fourth-order valence-electron chi connectivity index (χ4n) is 4.18. The van der Waals surface area contributed by atoms with Crippen molar-refractivity contribution in [3.8, 4) is 16.9 Å². The number of hydrogen-bond acceptors (Lipinski definition) is 2. The Labute approximate surface area is 187 Å². The van der Waals surface area contributed by atoms with Gasteiger partial charge in [0.15, 0.2) is 6.61 Å². The van der Waals surface area contributed by atoms with Crippen LogP contribution in [-0.4, -0.2) is 18.7 Å². The summed E-state index contributed by atoms with van der Waals surface area (Å²) in [7, 11) is 0. The lowest BCUT2D eigenvalue weighted by Crippen LogP contribution is -2.48. The van der Waals surface area contributed by atoms with E-state index in [0.29, 0.717) is 11.1 Å². The lowest BCUT2D eigenvalue weighted by atomic mass is 9.72. The Morgan fingerprint density at radius 2 is 1.67 bits per heavy atom. The molecule has 3 aromatic carbocycles. The van der Waals surface area contributed by atoms with Crippen LogP contribution < -0.4 is 10.1 Å². The third-order valence-corrected chi connectivity index (χ3v) is 5.69. The maximum atomic E-state index is 13.7. The highest BCUT2D eigenvalue weighted by Gasteiger charge is 2.40. The van der Waals surface area contributed by atoms with Gasteiger partial charge in [0.05, 0.1) is 5.41 Å². The molecule has 4 rings (SSSR count). The van der Waals surface area contributed by atoms with E-state index in [1.807, 2.05) is 6.07 Å². The van der Waals surface area contributed by atoms with Gasteiger partial charge in [-0.05, 0) is 71.5 Å². The number of amides is 1. The summed E-state index contributed by atoms with van der Waals surface area (Å²) in [5, 5.41) is 2.83. The smallest absolute Gasteiger partial charge is 0.422 e. The Hall–Kier alpha value is -3.42. The molecule has 0 aromatic heterocycles. The van der Waals surface area contributed by atoms with Gasteiger partial charge in [0.2, 0.25) is 5.91 Å². The first-order valence-electron chi connectivity index (χ1n) is 10.2. The van der Waals surface area contributed by atoms with Crippen LogP contribution in [0.1, 0.15) is 23.6 Å². The van der Waals surface area contributed by atoms with Crippen LogP contribution in [0, 0.1) is 11.6 Å². The van der Waals surface area contributed by atoms with Crippen molar-refractivity contribution in [2.24, 2.45) is 0 Å². The molecule has 3 aromatic rings. The molecule has 1 amide bonds. The third kappa shape index (κ3) is 4.99. The van der Waals surface area contributed by atoms with Gasteiger partial charge in [-0.15, -0.1) is 0 Å². The van der Waals surface area contributed by atoms with E-state index in [0.717, 1.165) is 22.8 Å². The molecule has 1 N–H and O–H groups in total. The Bertz CT molecular complexity index is 1190. The second kappa shape index (κ2) is 8.50. The third-order valence-electron chi connectivity index (χ3n) is 5.69. The topological polar surface area (TPSA) is 38.3 Å². The van der Waals surface area contributed by atoms with Gasteiger partial charge in [-0.1, -0.05) is 24.3 Å².